The summed E-state index contributed by atoms with van der Waals surface area (Å²) in [6, 6.07) is 20.7. The Morgan fingerprint density at radius 2 is 1.77 bits per heavy atom. The van der Waals surface area contributed by atoms with Crippen LogP contribution in [0.1, 0.15) is 47.3 Å². The first kappa shape index (κ1) is 20.2. The molecule has 0 bridgehead atoms. The van der Waals surface area contributed by atoms with E-state index in [4.69, 9.17) is 5.73 Å². The summed E-state index contributed by atoms with van der Waals surface area (Å²) in [5, 5.41) is 13.3. The largest absolute Gasteiger partial charge is 0.393 e. The number of carbonyl (C=O) groups is 1. The van der Waals surface area contributed by atoms with Crippen molar-refractivity contribution in [2.45, 2.75) is 50.7 Å². The van der Waals surface area contributed by atoms with Gasteiger partial charge in [-0.1, -0.05) is 30.3 Å². The van der Waals surface area contributed by atoms with Gasteiger partial charge in [-0.25, -0.2) is 0 Å². The molecule has 156 valence electrons. The number of nitrogens with two attached hydrogens (primary N) is 1. The lowest BCUT2D eigenvalue weighted by Crippen LogP contribution is -2.29. The molecule has 1 heterocycles. The number of hydrogen-bond donors (Lipinski definition) is 3. The third-order valence-corrected chi connectivity index (χ3v) is 5.95. The molecule has 0 unspecified atom stereocenters. The van der Waals surface area contributed by atoms with Crippen molar-refractivity contribution in [3.63, 3.8) is 0 Å². The van der Waals surface area contributed by atoms with Crippen LogP contribution in [0, 0.1) is 0 Å². The van der Waals surface area contributed by atoms with Crippen molar-refractivity contribution in [1.82, 2.24) is 4.57 Å². The van der Waals surface area contributed by atoms with E-state index >= 15 is 0 Å². The Hall–Kier alpha value is -3.05. The molecule has 5 nitrogen and oxygen atoms in total. The fourth-order valence-corrected chi connectivity index (χ4v) is 4.25. The van der Waals surface area contributed by atoms with Crippen molar-refractivity contribution >= 4 is 11.6 Å². The minimum atomic E-state index is -0.434. The lowest BCUT2D eigenvalue weighted by molar-refractivity contribution is 0.100. The number of aromatic nitrogens is 1. The molecular formula is C25H29N3O2. The van der Waals surface area contributed by atoms with Crippen molar-refractivity contribution in [3.05, 3.63) is 83.7 Å². The van der Waals surface area contributed by atoms with Crippen molar-refractivity contribution in [3.8, 4) is 5.69 Å². The monoisotopic (exact) mass is 403 g/mol. The first-order chi connectivity index (χ1) is 14.6. The van der Waals surface area contributed by atoms with E-state index < -0.39 is 5.91 Å². The molecule has 4 rings (SSSR count). The molecule has 5 heteroatoms. The van der Waals surface area contributed by atoms with Crippen LogP contribution in [-0.2, 0) is 12.8 Å². The molecule has 1 aliphatic carbocycles. The van der Waals surface area contributed by atoms with Gasteiger partial charge in [-0.2, -0.15) is 0 Å². The number of aliphatic hydroxyl groups excluding tert-OH is 1. The molecule has 1 aromatic heterocycles. The Kier molecular flexibility index (Phi) is 6.19. The highest BCUT2D eigenvalue weighted by molar-refractivity contribution is 5.99. The van der Waals surface area contributed by atoms with Gasteiger partial charge in [0.15, 0.2) is 0 Å². The van der Waals surface area contributed by atoms with Crippen LogP contribution in [-0.4, -0.2) is 27.7 Å². The zero-order valence-corrected chi connectivity index (χ0v) is 17.1. The van der Waals surface area contributed by atoms with Crippen molar-refractivity contribution in [2.24, 2.45) is 5.73 Å². The average molecular weight is 404 g/mol. The Balaban J connectivity index is 1.56. The highest BCUT2D eigenvalue weighted by Gasteiger charge is 2.21. The molecular weight excluding hydrogens is 374 g/mol. The molecule has 30 heavy (non-hydrogen) atoms. The fraction of sp³-hybridized carbons (Fsp3) is 0.320. The van der Waals surface area contributed by atoms with Gasteiger partial charge < -0.3 is 20.7 Å². The third-order valence-electron chi connectivity index (χ3n) is 5.95. The molecule has 1 fully saturated rings. The summed E-state index contributed by atoms with van der Waals surface area (Å²) in [7, 11) is 0. The summed E-state index contributed by atoms with van der Waals surface area (Å²) in [5.41, 5.74) is 10.4. The van der Waals surface area contributed by atoms with Crippen LogP contribution < -0.4 is 11.1 Å². The third kappa shape index (κ3) is 4.74. The molecule has 1 amide bonds. The van der Waals surface area contributed by atoms with Gasteiger partial charge in [0.25, 0.3) is 5.91 Å². The minimum Gasteiger partial charge on any atom is -0.393 e. The van der Waals surface area contributed by atoms with E-state index in [0.717, 1.165) is 49.9 Å². The number of primary amides is 1. The molecule has 0 saturated heterocycles. The van der Waals surface area contributed by atoms with E-state index in [2.05, 4.69) is 52.5 Å². The fourth-order valence-electron chi connectivity index (χ4n) is 4.25. The number of carbonyl (C=O) groups excluding carboxylic acids is 1. The summed E-state index contributed by atoms with van der Waals surface area (Å²) in [4.78, 5) is 12.0. The smallest absolute Gasteiger partial charge is 0.250 e. The molecule has 4 N–H and O–H groups in total. The lowest BCUT2D eigenvalue weighted by atomic mass is 9.92. The van der Waals surface area contributed by atoms with E-state index in [1.54, 1.807) is 6.07 Å². The standard InChI is InChI=1S/C25H29N3O2/c26-25(30)23-15-12-21(17-24(23)27-19-9-13-22(29)14-10-19)28-16-4-7-20(28)11-8-18-5-2-1-3-6-18/h1-7,12,15-17,19,22,27,29H,8-11,13-14H2,(H2,26,30). The van der Waals surface area contributed by atoms with Crippen LogP contribution >= 0.6 is 0 Å². The number of rotatable bonds is 7. The van der Waals surface area contributed by atoms with Gasteiger partial charge in [0, 0.05) is 29.3 Å². The summed E-state index contributed by atoms with van der Waals surface area (Å²) in [6.07, 6.45) is 7.08. The second-order valence-corrected chi connectivity index (χ2v) is 8.10. The van der Waals surface area contributed by atoms with Gasteiger partial charge in [0.1, 0.15) is 0 Å². The van der Waals surface area contributed by atoms with Crippen LogP contribution in [0.4, 0.5) is 5.69 Å². The summed E-state index contributed by atoms with van der Waals surface area (Å²) >= 11 is 0. The number of hydrogen-bond acceptors (Lipinski definition) is 3. The first-order valence-electron chi connectivity index (χ1n) is 10.7. The Labute approximate surface area is 177 Å². The molecule has 0 radical (unpaired) electrons. The zero-order chi connectivity index (χ0) is 20.9. The maximum Gasteiger partial charge on any atom is 0.250 e. The zero-order valence-electron chi connectivity index (χ0n) is 17.1. The highest BCUT2D eigenvalue weighted by atomic mass is 16.3. The Morgan fingerprint density at radius 3 is 2.50 bits per heavy atom. The quantitative estimate of drug-likeness (QED) is 0.556. The van der Waals surface area contributed by atoms with Crippen LogP contribution in [0.25, 0.3) is 5.69 Å². The number of amides is 1. The first-order valence-corrected chi connectivity index (χ1v) is 10.7. The van der Waals surface area contributed by atoms with Crippen LogP contribution in [0.15, 0.2) is 66.9 Å². The van der Waals surface area contributed by atoms with Gasteiger partial charge in [-0.05, 0) is 74.4 Å². The Morgan fingerprint density at radius 1 is 1.00 bits per heavy atom. The molecule has 0 spiro atoms. The summed E-state index contributed by atoms with van der Waals surface area (Å²) < 4.78 is 2.17. The topological polar surface area (TPSA) is 80.3 Å². The number of aliphatic hydroxyl groups is 1. The van der Waals surface area contributed by atoms with Gasteiger partial charge in [0.2, 0.25) is 0 Å². The van der Waals surface area contributed by atoms with Crippen LogP contribution in [0.3, 0.4) is 0 Å². The number of aryl methyl sites for hydroxylation is 2. The summed E-state index contributed by atoms with van der Waals surface area (Å²) in [6.45, 7) is 0. The van der Waals surface area contributed by atoms with Gasteiger partial charge in [-0.15, -0.1) is 0 Å². The van der Waals surface area contributed by atoms with Gasteiger partial charge in [0.05, 0.1) is 11.7 Å². The van der Waals surface area contributed by atoms with Crippen LogP contribution in [0.2, 0.25) is 0 Å². The van der Waals surface area contributed by atoms with Crippen molar-refractivity contribution < 1.29 is 9.90 Å². The number of nitrogens with zero attached hydrogens (tertiary/aromatic N) is 1. The maximum absolute atomic E-state index is 12.0. The van der Waals surface area contributed by atoms with Crippen molar-refractivity contribution in [2.75, 3.05) is 5.32 Å². The predicted molar refractivity (Wildman–Crippen MR) is 120 cm³/mol. The average Bonchev–Trinajstić information content (AvgIpc) is 3.23. The second kappa shape index (κ2) is 9.18. The normalized spacial score (nSPS) is 18.8. The van der Waals surface area contributed by atoms with E-state index in [0.29, 0.717) is 5.56 Å². The Bertz CT molecular complexity index is 989. The molecule has 1 saturated carbocycles. The van der Waals surface area contributed by atoms with Crippen molar-refractivity contribution in [1.29, 1.82) is 0 Å². The molecule has 0 aliphatic heterocycles. The number of benzene rings is 2. The van der Waals surface area contributed by atoms with Gasteiger partial charge >= 0.3 is 0 Å². The van der Waals surface area contributed by atoms with Crippen LogP contribution in [0.5, 0.6) is 0 Å². The van der Waals surface area contributed by atoms with E-state index in [1.165, 1.54) is 11.3 Å². The maximum atomic E-state index is 12.0. The van der Waals surface area contributed by atoms with Gasteiger partial charge in [-0.3, -0.25) is 4.79 Å². The molecule has 3 aromatic rings. The predicted octanol–water partition coefficient (Wildman–Crippen LogP) is 4.08. The molecule has 2 aromatic carbocycles. The number of anilines is 1. The lowest BCUT2D eigenvalue weighted by Gasteiger charge is -2.28. The SMILES string of the molecule is NC(=O)c1ccc(-n2cccc2CCc2ccccc2)cc1NC1CCC(O)CC1. The van der Waals surface area contributed by atoms with E-state index in [-0.39, 0.29) is 12.1 Å². The minimum absolute atomic E-state index is 0.211. The second-order valence-electron chi connectivity index (χ2n) is 8.10. The summed E-state index contributed by atoms with van der Waals surface area (Å²) in [5.74, 6) is -0.434. The molecule has 1 aliphatic rings. The highest BCUT2D eigenvalue weighted by Crippen LogP contribution is 2.27. The number of nitrogens with one attached hydrogen (secondary N) is 1. The molecule has 0 atom stereocenters. The van der Waals surface area contributed by atoms with E-state index in [1.807, 2.05) is 18.2 Å². The van der Waals surface area contributed by atoms with E-state index in [9.17, 15) is 9.90 Å².